The van der Waals surface area contributed by atoms with Gasteiger partial charge < -0.3 is 15.2 Å². The number of hydrogen-bond acceptors (Lipinski definition) is 5. The molecule has 0 aliphatic rings. The SMILES string of the molecule is O=C(O)COCC(=O)NC(=O)NCCc1ccsc1. The smallest absolute Gasteiger partial charge is 0.329 e. The van der Waals surface area contributed by atoms with Crippen LogP contribution in [-0.4, -0.2) is 42.8 Å². The van der Waals surface area contributed by atoms with Gasteiger partial charge in [-0.15, -0.1) is 0 Å². The molecule has 1 rings (SSSR count). The molecule has 0 fully saturated rings. The summed E-state index contributed by atoms with van der Waals surface area (Å²) in [6.45, 7) is -0.636. The molecule has 0 radical (unpaired) electrons. The number of urea groups is 1. The van der Waals surface area contributed by atoms with Crippen LogP contribution in [0.15, 0.2) is 16.8 Å². The number of ether oxygens (including phenoxy) is 1. The van der Waals surface area contributed by atoms with Gasteiger partial charge in [0.1, 0.15) is 13.2 Å². The first-order valence-electron chi connectivity index (χ1n) is 5.46. The molecule has 104 valence electrons. The lowest BCUT2D eigenvalue weighted by Crippen LogP contribution is -2.42. The van der Waals surface area contributed by atoms with Crippen molar-refractivity contribution < 1.29 is 24.2 Å². The van der Waals surface area contributed by atoms with Crippen LogP contribution in [0, 0.1) is 0 Å². The lowest BCUT2D eigenvalue weighted by atomic mass is 10.2. The molecule has 1 aromatic heterocycles. The van der Waals surface area contributed by atoms with Crippen molar-refractivity contribution >= 4 is 29.2 Å². The topological polar surface area (TPSA) is 105 Å². The first kappa shape index (κ1) is 15.1. The maximum atomic E-state index is 11.3. The van der Waals surface area contributed by atoms with Crippen molar-refractivity contribution in [2.45, 2.75) is 6.42 Å². The summed E-state index contributed by atoms with van der Waals surface area (Å²) in [5.74, 6) is -1.86. The van der Waals surface area contributed by atoms with Crippen molar-refractivity contribution in [3.05, 3.63) is 22.4 Å². The van der Waals surface area contributed by atoms with Crippen molar-refractivity contribution in [2.24, 2.45) is 0 Å². The molecule has 0 saturated carbocycles. The third-order valence-electron chi connectivity index (χ3n) is 1.99. The fraction of sp³-hybridized carbons (Fsp3) is 0.364. The molecule has 0 bridgehead atoms. The Hall–Kier alpha value is -1.93. The van der Waals surface area contributed by atoms with Crippen LogP contribution in [0.5, 0.6) is 0 Å². The van der Waals surface area contributed by atoms with Gasteiger partial charge in [0, 0.05) is 6.54 Å². The quantitative estimate of drug-likeness (QED) is 0.665. The van der Waals surface area contributed by atoms with Crippen molar-refractivity contribution in [3.8, 4) is 0 Å². The van der Waals surface area contributed by atoms with Crippen molar-refractivity contribution in [3.63, 3.8) is 0 Å². The number of hydrogen-bond donors (Lipinski definition) is 3. The van der Waals surface area contributed by atoms with Crippen molar-refractivity contribution in [1.29, 1.82) is 0 Å². The highest BCUT2D eigenvalue weighted by Gasteiger charge is 2.08. The Labute approximate surface area is 113 Å². The predicted octanol–water partition coefficient (Wildman–Crippen LogP) is 0.218. The summed E-state index contributed by atoms with van der Waals surface area (Å²) >= 11 is 1.57. The van der Waals surface area contributed by atoms with Crippen LogP contribution >= 0.6 is 11.3 Å². The summed E-state index contributed by atoms with van der Waals surface area (Å²) in [6, 6.07) is 1.33. The number of amides is 3. The van der Waals surface area contributed by atoms with E-state index in [0.717, 1.165) is 5.56 Å². The first-order valence-corrected chi connectivity index (χ1v) is 6.40. The maximum absolute atomic E-state index is 11.3. The molecule has 0 spiro atoms. The van der Waals surface area contributed by atoms with Gasteiger partial charge in [-0.2, -0.15) is 11.3 Å². The first-order chi connectivity index (χ1) is 9.08. The summed E-state index contributed by atoms with van der Waals surface area (Å²) in [6.07, 6.45) is 0.681. The molecule has 3 N–H and O–H groups in total. The number of rotatable bonds is 7. The van der Waals surface area contributed by atoms with Gasteiger partial charge in [0.2, 0.25) is 0 Å². The van der Waals surface area contributed by atoms with Crippen LogP contribution in [0.2, 0.25) is 0 Å². The molecule has 0 saturated heterocycles. The van der Waals surface area contributed by atoms with E-state index in [1.54, 1.807) is 11.3 Å². The van der Waals surface area contributed by atoms with Gasteiger partial charge >= 0.3 is 12.0 Å². The van der Waals surface area contributed by atoms with E-state index in [0.29, 0.717) is 13.0 Å². The molecule has 7 nitrogen and oxygen atoms in total. The molecule has 8 heteroatoms. The number of carbonyl (C=O) groups excluding carboxylic acids is 2. The molecule has 1 heterocycles. The number of thiophene rings is 1. The van der Waals surface area contributed by atoms with Gasteiger partial charge in [-0.3, -0.25) is 10.1 Å². The van der Waals surface area contributed by atoms with Gasteiger partial charge in [0.25, 0.3) is 5.91 Å². The molecular formula is C11H14N2O5S. The zero-order valence-electron chi connectivity index (χ0n) is 10.0. The molecule has 0 unspecified atom stereocenters. The fourth-order valence-corrected chi connectivity index (χ4v) is 1.90. The molecule has 0 aliphatic heterocycles. The molecule has 1 aromatic rings. The van der Waals surface area contributed by atoms with Gasteiger partial charge in [0.15, 0.2) is 0 Å². The maximum Gasteiger partial charge on any atom is 0.329 e. The number of carbonyl (C=O) groups is 3. The summed E-state index contributed by atoms with van der Waals surface area (Å²) in [5, 5.41) is 16.7. The van der Waals surface area contributed by atoms with E-state index in [-0.39, 0.29) is 0 Å². The Bertz CT molecular complexity index is 432. The summed E-state index contributed by atoms with van der Waals surface area (Å²) < 4.78 is 4.53. The number of aliphatic carboxylic acids is 1. The normalized spacial score (nSPS) is 9.89. The summed E-state index contributed by atoms with van der Waals surface area (Å²) in [5.41, 5.74) is 1.11. The Morgan fingerprint density at radius 1 is 1.32 bits per heavy atom. The van der Waals surface area contributed by atoms with Crippen LogP contribution in [0.3, 0.4) is 0 Å². The zero-order valence-corrected chi connectivity index (χ0v) is 10.9. The molecule has 3 amide bonds. The molecule has 0 aliphatic carbocycles. The number of nitrogens with one attached hydrogen (secondary N) is 2. The lowest BCUT2D eigenvalue weighted by Gasteiger charge is -2.06. The minimum absolute atomic E-state index is 0.409. The Balaban J connectivity index is 2.09. The van der Waals surface area contributed by atoms with E-state index >= 15 is 0 Å². The third-order valence-corrected chi connectivity index (χ3v) is 2.72. The van der Waals surface area contributed by atoms with Crippen molar-refractivity contribution in [1.82, 2.24) is 10.6 Å². The summed E-state index contributed by atoms with van der Waals surface area (Å²) in [7, 11) is 0. The van der Waals surface area contributed by atoms with E-state index in [1.807, 2.05) is 22.1 Å². The fourth-order valence-electron chi connectivity index (χ4n) is 1.19. The van der Waals surface area contributed by atoms with E-state index in [1.165, 1.54) is 0 Å². The Kier molecular flexibility index (Phi) is 6.55. The van der Waals surface area contributed by atoms with Gasteiger partial charge in [-0.05, 0) is 28.8 Å². The second-order valence-corrected chi connectivity index (χ2v) is 4.35. The van der Waals surface area contributed by atoms with Crippen LogP contribution < -0.4 is 10.6 Å². The van der Waals surface area contributed by atoms with Gasteiger partial charge in [0.05, 0.1) is 0 Å². The Morgan fingerprint density at radius 3 is 2.74 bits per heavy atom. The molecular weight excluding hydrogens is 272 g/mol. The minimum Gasteiger partial charge on any atom is -0.480 e. The molecule has 0 atom stereocenters. The minimum atomic E-state index is -1.17. The third kappa shape index (κ3) is 7.17. The predicted molar refractivity (Wildman–Crippen MR) is 68.0 cm³/mol. The second kappa shape index (κ2) is 8.22. The average Bonchev–Trinajstić information content (AvgIpc) is 2.81. The van der Waals surface area contributed by atoms with E-state index in [9.17, 15) is 14.4 Å². The molecule has 0 aromatic carbocycles. The second-order valence-electron chi connectivity index (χ2n) is 3.57. The highest BCUT2D eigenvalue weighted by molar-refractivity contribution is 7.07. The van der Waals surface area contributed by atoms with Crippen LogP contribution in [0.1, 0.15) is 5.56 Å². The van der Waals surface area contributed by atoms with Crippen molar-refractivity contribution in [2.75, 3.05) is 19.8 Å². The number of carboxylic acid groups (broad SMARTS) is 1. The number of imide groups is 1. The average molecular weight is 286 g/mol. The Morgan fingerprint density at radius 2 is 2.11 bits per heavy atom. The monoisotopic (exact) mass is 286 g/mol. The number of carboxylic acids is 1. The van der Waals surface area contributed by atoms with Crippen LogP contribution in [0.4, 0.5) is 4.79 Å². The van der Waals surface area contributed by atoms with E-state index in [2.05, 4.69) is 10.1 Å². The molecule has 19 heavy (non-hydrogen) atoms. The van der Waals surface area contributed by atoms with Crippen LogP contribution in [0.25, 0.3) is 0 Å². The standard InChI is InChI=1S/C11H14N2O5S/c14-9(5-18-6-10(15)16)13-11(17)12-3-1-8-2-4-19-7-8/h2,4,7H,1,3,5-6H2,(H,15,16)(H2,12,13,14,17). The largest absolute Gasteiger partial charge is 0.480 e. The summed E-state index contributed by atoms with van der Waals surface area (Å²) in [4.78, 5) is 32.5. The lowest BCUT2D eigenvalue weighted by molar-refractivity contribution is -0.143. The van der Waals surface area contributed by atoms with Crippen LogP contribution in [-0.2, 0) is 20.7 Å². The highest BCUT2D eigenvalue weighted by Crippen LogP contribution is 2.05. The van der Waals surface area contributed by atoms with E-state index < -0.39 is 31.1 Å². The van der Waals surface area contributed by atoms with Gasteiger partial charge in [-0.25, -0.2) is 9.59 Å². The zero-order chi connectivity index (χ0) is 14.1. The highest BCUT2D eigenvalue weighted by atomic mass is 32.1. The van der Waals surface area contributed by atoms with E-state index in [4.69, 9.17) is 5.11 Å². The van der Waals surface area contributed by atoms with Gasteiger partial charge in [-0.1, -0.05) is 0 Å².